The Bertz CT molecular complexity index is 552. The zero-order valence-electron chi connectivity index (χ0n) is 14.2. The maximum absolute atomic E-state index is 12.4. The summed E-state index contributed by atoms with van der Waals surface area (Å²) in [6.45, 7) is 10.7. The van der Waals surface area contributed by atoms with Crippen molar-refractivity contribution in [1.29, 1.82) is 0 Å². The van der Waals surface area contributed by atoms with Crippen molar-refractivity contribution in [3.8, 4) is 0 Å². The predicted molar refractivity (Wildman–Crippen MR) is 94.6 cm³/mol. The topological polar surface area (TPSA) is 32.8 Å². The van der Waals surface area contributed by atoms with Gasteiger partial charge in [-0.2, -0.15) is 0 Å². The zero-order chi connectivity index (χ0) is 17.2. The molecule has 4 nitrogen and oxygen atoms in total. The van der Waals surface area contributed by atoms with Crippen LogP contribution in [0, 0.1) is 0 Å². The number of nitrogens with zero attached hydrogens (tertiary/aromatic N) is 2. The first-order valence-electron chi connectivity index (χ1n) is 7.57. The summed E-state index contributed by atoms with van der Waals surface area (Å²) < 4.78 is 0. The molecule has 0 spiro atoms. The Morgan fingerprint density at radius 2 is 1.96 bits per heavy atom. The van der Waals surface area contributed by atoms with Crippen LogP contribution in [0.5, 0.6) is 0 Å². The first-order valence-corrected chi connectivity index (χ1v) is 7.57. The van der Waals surface area contributed by atoms with E-state index < -0.39 is 0 Å². The van der Waals surface area contributed by atoms with Gasteiger partial charge in [-0.05, 0) is 18.1 Å². The molecule has 0 unspecified atom stereocenters. The predicted octanol–water partition coefficient (Wildman–Crippen LogP) is 3.20. The molecule has 1 aromatic rings. The minimum Gasteiger partial charge on any atom is -0.284 e. The van der Waals surface area contributed by atoms with E-state index in [0.717, 1.165) is 11.1 Å². The SMILES string of the molecule is C=C/C=C(\C=C)CN(Cc1ccccc1)[C@H](C)C(=O)N(C)OC. The lowest BCUT2D eigenvalue weighted by Gasteiger charge is -2.30. The molecule has 0 aliphatic heterocycles. The lowest BCUT2D eigenvalue weighted by Crippen LogP contribution is -2.45. The molecule has 0 radical (unpaired) electrons. The first-order chi connectivity index (χ1) is 11.0. The third-order valence-electron chi connectivity index (χ3n) is 3.70. The quantitative estimate of drug-likeness (QED) is 0.518. The molecule has 23 heavy (non-hydrogen) atoms. The van der Waals surface area contributed by atoms with Crippen molar-refractivity contribution < 1.29 is 9.63 Å². The van der Waals surface area contributed by atoms with Crippen LogP contribution < -0.4 is 0 Å². The number of hydrogen-bond acceptors (Lipinski definition) is 3. The highest BCUT2D eigenvalue weighted by molar-refractivity contribution is 5.80. The van der Waals surface area contributed by atoms with E-state index in [2.05, 4.69) is 30.2 Å². The van der Waals surface area contributed by atoms with E-state index in [1.165, 1.54) is 12.2 Å². The lowest BCUT2D eigenvalue weighted by atomic mass is 10.1. The summed E-state index contributed by atoms with van der Waals surface area (Å²) in [5.74, 6) is -0.0922. The number of rotatable bonds is 9. The Labute approximate surface area is 139 Å². The van der Waals surface area contributed by atoms with Crippen molar-refractivity contribution >= 4 is 5.91 Å². The van der Waals surface area contributed by atoms with Gasteiger partial charge >= 0.3 is 0 Å². The largest absolute Gasteiger partial charge is 0.284 e. The van der Waals surface area contributed by atoms with Gasteiger partial charge in [-0.1, -0.05) is 61.7 Å². The summed E-state index contributed by atoms with van der Waals surface area (Å²) in [4.78, 5) is 19.5. The summed E-state index contributed by atoms with van der Waals surface area (Å²) in [5, 5.41) is 1.26. The van der Waals surface area contributed by atoms with Crippen molar-refractivity contribution in [1.82, 2.24) is 9.96 Å². The Kier molecular flexibility index (Phi) is 8.02. The summed E-state index contributed by atoms with van der Waals surface area (Å²) in [7, 11) is 3.10. The minimum absolute atomic E-state index is 0.0922. The Morgan fingerprint density at radius 3 is 2.48 bits per heavy atom. The monoisotopic (exact) mass is 314 g/mol. The van der Waals surface area contributed by atoms with Gasteiger partial charge in [0.05, 0.1) is 13.2 Å². The molecular formula is C19H26N2O2. The molecule has 0 bridgehead atoms. The van der Waals surface area contributed by atoms with Crippen LogP contribution in [-0.4, -0.2) is 42.6 Å². The van der Waals surface area contributed by atoms with E-state index in [0.29, 0.717) is 13.1 Å². The van der Waals surface area contributed by atoms with E-state index in [1.807, 2.05) is 31.2 Å². The highest BCUT2D eigenvalue weighted by Crippen LogP contribution is 2.13. The number of likely N-dealkylation sites (N-methyl/N-ethyl adjacent to an activating group) is 1. The fourth-order valence-electron chi connectivity index (χ4n) is 2.23. The van der Waals surface area contributed by atoms with Crippen molar-refractivity contribution in [3.05, 3.63) is 72.9 Å². The van der Waals surface area contributed by atoms with Gasteiger partial charge in [-0.15, -0.1) is 0 Å². The van der Waals surface area contributed by atoms with Crippen LogP contribution in [0.2, 0.25) is 0 Å². The van der Waals surface area contributed by atoms with Gasteiger partial charge < -0.3 is 0 Å². The summed E-state index contributed by atoms with van der Waals surface area (Å²) in [6, 6.07) is 9.75. The highest BCUT2D eigenvalue weighted by Gasteiger charge is 2.24. The van der Waals surface area contributed by atoms with Crippen molar-refractivity contribution in [2.24, 2.45) is 0 Å². The number of hydrogen-bond donors (Lipinski definition) is 0. The van der Waals surface area contributed by atoms with Gasteiger partial charge in [0.15, 0.2) is 0 Å². The van der Waals surface area contributed by atoms with Crippen LogP contribution in [0.15, 0.2) is 67.3 Å². The van der Waals surface area contributed by atoms with E-state index in [9.17, 15) is 4.79 Å². The van der Waals surface area contributed by atoms with E-state index in [4.69, 9.17) is 4.84 Å². The molecule has 0 saturated carbocycles. The second-order valence-corrected chi connectivity index (χ2v) is 5.27. The summed E-state index contributed by atoms with van der Waals surface area (Å²) in [5.41, 5.74) is 2.16. The molecule has 0 saturated heterocycles. The Balaban J connectivity index is 2.99. The molecule has 0 N–H and O–H groups in total. The molecular weight excluding hydrogens is 288 g/mol. The number of amides is 1. The highest BCUT2D eigenvalue weighted by atomic mass is 16.7. The van der Waals surface area contributed by atoms with Crippen molar-refractivity contribution in [2.45, 2.75) is 19.5 Å². The Morgan fingerprint density at radius 1 is 1.30 bits per heavy atom. The smallest absolute Gasteiger partial charge is 0.262 e. The Hall–Kier alpha value is -2.17. The van der Waals surface area contributed by atoms with Crippen molar-refractivity contribution in [3.63, 3.8) is 0 Å². The maximum atomic E-state index is 12.4. The molecule has 1 amide bonds. The molecule has 0 aliphatic carbocycles. The summed E-state index contributed by atoms with van der Waals surface area (Å²) in [6.07, 6.45) is 5.42. The number of carbonyl (C=O) groups is 1. The fraction of sp³-hybridized carbons (Fsp3) is 0.316. The average Bonchev–Trinajstić information content (AvgIpc) is 2.59. The number of benzene rings is 1. The fourth-order valence-corrected chi connectivity index (χ4v) is 2.23. The lowest BCUT2D eigenvalue weighted by molar-refractivity contribution is -0.174. The van der Waals surface area contributed by atoms with Gasteiger partial charge in [0.2, 0.25) is 0 Å². The number of carbonyl (C=O) groups excluding carboxylic acids is 1. The summed E-state index contributed by atoms with van der Waals surface area (Å²) >= 11 is 0. The zero-order valence-corrected chi connectivity index (χ0v) is 14.2. The van der Waals surface area contributed by atoms with Crippen LogP contribution in [0.25, 0.3) is 0 Å². The number of hydroxylamine groups is 2. The van der Waals surface area contributed by atoms with Crippen LogP contribution in [0.1, 0.15) is 12.5 Å². The molecule has 124 valence electrons. The molecule has 0 aliphatic rings. The van der Waals surface area contributed by atoms with Crippen LogP contribution in [0.4, 0.5) is 0 Å². The van der Waals surface area contributed by atoms with Crippen LogP contribution in [0.3, 0.4) is 0 Å². The molecule has 4 heteroatoms. The second kappa shape index (κ2) is 9.77. The van der Waals surface area contributed by atoms with Crippen molar-refractivity contribution in [2.75, 3.05) is 20.7 Å². The standard InChI is InChI=1S/C19H26N2O2/c1-6-11-17(7-2)14-21(15-18-12-9-8-10-13-18)16(3)19(22)20(4)23-5/h6-13,16H,1-2,14-15H2,3-5H3/b17-11+/t16-/m1/s1. The molecule has 0 fully saturated rings. The van der Waals surface area contributed by atoms with E-state index in [1.54, 1.807) is 19.2 Å². The average molecular weight is 314 g/mol. The molecule has 1 aromatic carbocycles. The van der Waals surface area contributed by atoms with Gasteiger partial charge in [-0.25, -0.2) is 5.06 Å². The molecule has 1 rings (SSSR count). The van der Waals surface area contributed by atoms with Gasteiger partial charge in [-0.3, -0.25) is 14.5 Å². The maximum Gasteiger partial charge on any atom is 0.262 e. The molecule has 0 heterocycles. The third-order valence-corrected chi connectivity index (χ3v) is 3.70. The normalized spacial score (nSPS) is 12.8. The van der Waals surface area contributed by atoms with Crippen LogP contribution in [-0.2, 0) is 16.2 Å². The van der Waals surface area contributed by atoms with E-state index >= 15 is 0 Å². The molecule has 0 aromatic heterocycles. The van der Waals surface area contributed by atoms with Gasteiger partial charge in [0.25, 0.3) is 5.91 Å². The van der Waals surface area contributed by atoms with E-state index in [-0.39, 0.29) is 11.9 Å². The second-order valence-electron chi connectivity index (χ2n) is 5.27. The third kappa shape index (κ3) is 5.85. The van der Waals surface area contributed by atoms with Gasteiger partial charge in [0, 0.05) is 20.1 Å². The van der Waals surface area contributed by atoms with Crippen LogP contribution >= 0.6 is 0 Å². The number of allylic oxidation sites excluding steroid dienone is 2. The van der Waals surface area contributed by atoms with Gasteiger partial charge in [0.1, 0.15) is 0 Å². The minimum atomic E-state index is -0.326. The molecule has 1 atom stereocenters. The first kappa shape index (κ1) is 18.9.